The SMILES string of the molecule is Nc1ccc(OC(F)(F)F)c(C(O)C(O)CBr)c1. The Morgan fingerprint density at radius 3 is 2.44 bits per heavy atom. The lowest BCUT2D eigenvalue weighted by molar-refractivity contribution is -0.275. The molecule has 0 aliphatic carbocycles. The normalized spacial score (nSPS) is 15.2. The maximum absolute atomic E-state index is 12.2. The van der Waals surface area contributed by atoms with Crippen LogP contribution >= 0.6 is 15.9 Å². The highest BCUT2D eigenvalue weighted by Crippen LogP contribution is 2.33. The Balaban J connectivity index is 3.11. The lowest BCUT2D eigenvalue weighted by Gasteiger charge is -2.20. The molecule has 1 aromatic rings. The molecule has 4 nitrogen and oxygen atoms in total. The van der Waals surface area contributed by atoms with Crippen LogP contribution in [-0.4, -0.2) is 28.0 Å². The number of halogens is 4. The van der Waals surface area contributed by atoms with Gasteiger partial charge in [0.15, 0.2) is 0 Å². The van der Waals surface area contributed by atoms with Crippen LogP contribution in [0.4, 0.5) is 18.9 Å². The van der Waals surface area contributed by atoms with Gasteiger partial charge in [-0.2, -0.15) is 0 Å². The van der Waals surface area contributed by atoms with Crippen LogP contribution in [-0.2, 0) is 0 Å². The van der Waals surface area contributed by atoms with E-state index in [-0.39, 0.29) is 16.6 Å². The van der Waals surface area contributed by atoms with Gasteiger partial charge in [0.25, 0.3) is 0 Å². The number of anilines is 1. The van der Waals surface area contributed by atoms with Crippen molar-refractivity contribution in [3.8, 4) is 5.75 Å². The van der Waals surface area contributed by atoms with Crippen molar-refractivity contribution in [2.24, 2.45) is 0 Å². The maximum atomic E-state index is 12.2. The van der Waals surface area contributed by atoms with E-state index in [4.69, 9.17) is 5.73 Å². The number of aliphatic hydroxyl groups excluding tert-OH is 2. The number of nitrogens with two attached hydrogens (primary N) is 1. The number of nitrogen functional groups attached to an aromatic ring is 1. The van der Waals surface area contributed by atoms with Crippen molar-refractivity contribution < 1.29 is 28.1 Å². The van der Waals surface area contributed by atoms with Crippen molar-refractivity contribution in [2.75, 3.05) is 11.1 Å². The Labute approximate surface area is 109 Å². The molecular formula is C10H11BrF3NO3. The molecule has 0 radical (unpaired) electrons. The standard InChI is InChI=1S/C10H11BrF3NO3/c11-4-7(16)9(17)6-3-5(15)1-2-8(6)18-10(12,13)14/h1-3,7,9,16-17H,4,15H2. The molecule has 0 spiro atoms. The second-order valence-corrected chi connectivity index (χ2v) is 4.16. The molecule has 2 atom stereocenters. The summed E-state index contributed by atoms with van der Waals surface area (Å²) in [6, 6.07) is 3.32. The molecule has 0 saturated carbocycles. The van der Waals surface area contributed by atoms with Crippen molar-refractivity contribution >= 4 is 21.6 Å². The Morgan fingerprint density at radius 1 is 1.33 bits per heavy atom. The van der Waals surface area contributed by atoms with Crippen molar-refractivity contribution in [3.05, 3.63) is 23.8 Å². The number of hydrogen-bond acceptors (Lipinski definition) is 4. The fourth-order valence-corrected chi connectivity index (χ4v) is 1.66. The second-order valence-electron chi connectivity index (χ2n) is 3.51. The summed E-state index contributed by atoms with van der Waals surface area (Å²) in [4.78, 5) is 0. The summed E-state index contributed by atoms with van der Waals surface area (Å²) < 4.78 is 40.2. The summed E-state index contributed by atoms with van der Waals surface area (Å²) in [6.07, 6.45) is -7.70. The van der Waals surface area contributed by atoms with E-state index >= 15 is 0 Å². The first-order valence-corrected chi connectivity index (χ1v) is 5.94. The summed E-state index contributed by atoms with van der Waals surface area (Å²) in [5.74, 6) is -0.593. The summed E-state index contributed by atoms with van der Waals surface area (Å²) >= 11 is 2.91. The van der Waals surface area contributed by atoms with Crippen LogP contribution in [0.25, 0.3) is 0 Å². The molecule has 1 rings (SSSR count). The predicted octanol–water partition coefficient (Wildman–Crippen LogP) is 1.96. The first-order valence-electron chi connectivity index (χ1n) is 4.82. The van der Waals surface area contributed by atoms with Gasteiger partial charge >= 0.3 is 6.36 Å². The van der Waals surface area contributed by atoms with Crippen LogP contribution in [0.1, 0.15) is 11.7 Å². The molecule has 18 heavy (non-hydrogen) atoms. The zero-order valence-electron chi connectivity index (χ0n) is 8.99. The van der Waals surface area contributed by atoms with Crippen LogP contribution in [0.2, 0.25) is 0 Å². The molecule has 0 heterocycles. The molecule has 102 valence electrons. The first-order chi connectivity index (χ1) is 8.24. The average Bonchev–Trinajstić information content (AvgIpc) is 2.27. The molecule has 0 aromatic heterocycles. The molecule has 0 saturated heterocycles. The van der Waals surface area contributed by atoms with Gasteiger partial charge in [-0.25, -0.2) is 0 Å². The van der Waals surface area contributed by atoms with E-state index in [1.54, 1.807) is 0 Å². The molecule has 4 N–H and O–H groups in total. The summed E-state index contributed by atoms with van der Waals surface area (Å²) in [6.45, 7) is 0. The molecule has 2 unspecified atom stereocenters. The van der Waals surface area contributed by atoms with Crippen molar-refractivity contribution in [2.45, 2.75) is 18.6 Å². The van der Waals surface area contributed by atoms with Gasteiger partial charge in [-0.05, 0) is 18.2 Å². The van der Waals surface area contributed by atoms with Crippen LogP contribution in [0, 0.1) is 0 Å². The molecule has 0 bridgehead atoms. The summed E-state index contributed by atoms with van der Waals surface area (Å²) in [7, 11) is 0. The van der Waals surface area contributed by atoms with E-state index in [2.05, 4.69) is 20.7 Å². The second kappa shape index (κ2) is 5.77. The van der Waals surface area contributed by atoms with Crippen molar-refractivity contribution in [1.29, 1.82) is 0 Å². The fourth-order valence-electron chi connectivity index (χ4n) is 1.31. The van der Waals surface area contributed by atoms with Gasteiger partial charge in [0.1, 0.15) is 11.9 Å². The fraction of sp³-hybridized carbons (Fsp3) is 0.400. The smallest absolute Gasteiger partial charge is 0.405 e. The zero-order valence-corrected chi connectivity index (χ0v) is 10.6. The monoisotopic (exact) mass is 329 g/mol. The van der Waals surface area contributed by atoms with E-state index in [0.717, 1.165) is 12.1 Å². The van der Waals surface area contributed by atoms with Gasteiger partial charge in [-0.3, -0.25) is 0 Å². The maximum Gasteiger partial charge on any atom is 0.573 e. The minimum Gasteiger partial charge on any atom is -0.405 e. The predicted molar refractivity (Wildman–Crippen MR) is 62.3 cm³/mol. The van der Waals surface area contributed by atoms with Gasteiger partial charge in [0.05, 0.1) is 6.10 Å². The highest BCUT2D eigenvalue weighted by molar-refractivity contribution is 9.09. The van der Waals surface area contributed by atoms with Crippen molar-refractivity contribution in [3.63, 3.8) is 0 Å². The molecule has 8 heteroatoms. The Kier molecular flexibility index (Phi) is 4.83. The van der Waals surface area contributed by atoms with Gasteiger partial charge < -0.3 is 20.7 Å². The topological polar surface area (TPSA) is 75.7 Å². The lowest BCUT2D eigenvalue weighted by atomic mass is 10.0. The van der Waals surface area contributed by atoms with Gasteiger partial charge in [0, 0.05) is 16.6 Å². The highest BCUT2D eigenvalue weighted by Gasteiger charge is 2.33. The van der Waals surface area contributed by atoms with E-state index in [1.165, 1.54) is 6.07 Å². The lowest BCUT2D eigenvalue weighted by Crippen LogP contribution is -2.23. The van der Waals surface area contributed by atoms with Crippen molar-refractivity contribution in [1.82, 2.24) is 0 Å². The van der Waals surface area contributed by atoms with E-state index in [0.29, 0.717) is 0 Å². The number of aliphatic hydroxyl groups is 2. The Morgan fingerprint density at radius 2 is 1.94 bits per heavy atom. The molecule has 0 fully saturated rings. The van der Waals surface area contributed by atoms with Crippen LogP contribution in [0.15, 0.2) is 18.2 Å². The Bertz CT molecular complexity index is 414. The third-order valence-electron chi connectivity index (χ3n) is 2.10. The molecular weight excluding hydrogens is 319 g/mol. The largest absolute Gasteiger partial charge is 0.573 e. The number of alkyl halides is 4. The molecule has 0 aliphatic heterocycles. The van der Waals surface area contributed by atoms with Crippen LogP contribution in [0.5, 0.6) is 5.75 Å². The van der Waals surface area contributed by atoms with E-state index < -0.39 is 24.3 Å². The Hall–Kier alpha value is -0.990. The average molecular weight is 330 g/mol. The third kappa shape index (κ3) is 4.04. The number of rotatable bonds is 4. The highest BCUT2D eigenvalue weighted by atomic mass is 79.9. The number of benzene rings is 1. The third-order valence-corrected chi connectivity index (χ3v) is 2.76. The minimum absolute atomic E-state index is 0.00553. The number of hydrogen-bond donors (Lipinski definition) is 3. The summed E-state index contributed by atoms with van der Waals surface area (Å²) in [5.41, 5.74) is 5.36. The summed E-state index contributed by atoms with van der Waals surface area (Å²) in [5, 5.41) is 19.1. The van der Waals surface area contributed by atoms with E-state index in [9.17, 15) is 23.4 Å². The van der Waals surface area contributed by atoms with Gasteiger partial charge in [-0.15, -0.1) is 13.2 Å². The van der Waals surface area contributed by atoms with Gasteiger partial charge in [0.2, 0.25) is 0 Å². The van der Waals surface area contributed by atoms with Gasteiger partial charge in [-0.1, -0.05) is 15.9 Å². The first kappa shape index (κ1) is 15.1. The zero-order chi connectivity index (χ0) is 13.9. The number of ether oxygens (including phenoxy) is 1. The minimum atomic E-state index is -4.88. The molecule has 0 aliphatic rings. The van der Waals surface area contributed by atoms with E-state index in [1.807, 2.05) is 0 Å². The molecule has 1 aromatic carbocycles. The van der Waals surface area contributed by atoms with Crippen LogP contribution in [0.3, 0.4) is 0 Å². The quantitative estimate of drug-likeness (QED) is 0.583. The molecule has 0 amide bonds. The van der Waals surface area contributed by atoms with Crippen LogP contribution < -0.4 is 10.5 Å².